The smallest absolute Gasteiger partial charge is 0.113 e. The van der Waals surface area contributed by atoms with Crippen LogP contribution in [-0.2, 0) is 12.1 Å². The van der Waals surface area contributed by atoms with E-state index < -0.39 is 0 Å². The van der Waals surface area contributed by atoms with Gasteiger partial charge in [0.15, 0.2) is 0 Å². The van der Waals surface area contributed by atoms with Crippen LogP contribution >= 0.6 is 11.3 Å². The van der Waals surface area contributed by atoms with Gasteiger partial charge in [0.2, 0.25) is 0 Å². The highest BCUT2D eigenvalue weighted by atomic mass is 32.1. The number of hydrogen-bond donors (Lipinski definition) is 1. The lowest BCUT2D eigenvalue weighted by Gasteiger charge is -2.31. The number of aryl methyl sites for hydroxylation is 1. The average molecular weight is 276 g/mol. The topological polar surface area (TPSA) is 56.7 Å². The minimum atomic E-state index is -0.193. The Morgan fingerprint density at radius 3 is 2.84 bits per heavy atom. The second-order valence-electron chi connectivity index (χ2n) is 5.34. The molecule has 5 heteroatoms. The molecule has 0 atom stereocenters. The number of thiazole rings is 1. The van der Waals surface area contributed by atoms with Crippen LogP contribution in [0.1, 0.15) is 44.0 Å². The predicted molar refractivity (Wildman–Crippen MR) is 78.0 cm³/mol. The molecule has 1 fully saturated rings. The molecule has 0 spiro atoms. The van der Waals surface area contributed by atoms with E-state index in [0.29, 0.717) is 0 Å². The van der Waals surface area contributed by atoms with Crippen LogP contribution in [0.25, 0.3) is 11.3 Å². The summed E-state index contributed by atoms with van der Waals surface area (Å²) in [6, 6.07) is 0. The maximum Gasteiger partial charge on any atom is 0.113 e. The zero-order chi connectivity index (χ0) is 13.3. The van der Waals surface area contributed by atoms with E-state index in [1.807, 2.05) is 17.1 Å². The van der Waals surface area contributed by atoms with E-state index in [1.54, 1.807) is 11.3 Å². The highest BCUT2D eigenvalue weighted by molar-refractivity contribution is 7.10. The van der Waals surface area contributed by atoms with Crippen LogP contribution in [0.15, 0.2) is 17.8 Å². The fraction of sp³-hybridized carbons (Fsp3) is 0.571. The molecule has 2 N–H and O–H groups in total. The van der Waals surface area contributed by atoms with Gasteiger partial charge in [-0.05, 0) is 19.8 Å². The number of hydrogen-bond acceptors (Lipinski definition) is 4. The quantitative estimate of drug-likeness (QED) is 0.937. The van der Waals surface area contributed by atoms with Crippen molar-refractivity contribution < 1.29 is 0 Å². The molecule has 0 aliphatic heterocycles. The van der Waals surface area contributed by atoms with Crippen LogP contribution in [0.4, 0.5) is 0 Å². The van der Waals surface area contributed by atoms with Gasteiger partial charge in [0.05, 0.1) is 17.4 Å². The summed E-state index contributed by atoms with van der Waals surface area (Å²) >= 11 is 1.69. The van der Waals surface area contributed by atoms with E-state index in [0.717, 1.165) is 35.7 Å². The van der Waals surface area contributed by atoms with Gasteiger partial charge in [0.25, 0.3) is 0 Å². The Hall–Kier alpha value is -1.20. The molecule has 4 nitrogen and oxygen atoms in total. The van der Waals surface area contributed by atoms with E-state index in [4.69, 9.17) is 10.7 Å². The average Bonchev–Trinajstić information content (AvgIpc) is 3.08. The van der Waals surface area contributed by atoms with Gasteiger partial charge in [-0.3, -0.25) is 4.68 Å². The van der Waals surface area contributed by atoms with Crippen molar-refractivity contribution >= 4 is 11.3 Å². The molecule has 1 saturated carbocycles. The molecular formula is C14H20N4S. The van der Waals surface area contributed by atoms with Gasteiger partial charge < -0.3 is 5.73 Å². The number of nitrogens with two attached hydrogens (primary N) is 1. The standard InChI is InChI=1S/C14H20N4S/c1-2-18-9-11(8-16-18)12-10-19-13(17-12)14(15)6-4-3-5-7-14/h8-10H,2-7,15H2,1H3. The van der Waals surface area contributed by atoms with E-state index >= 15 is 0 Å². The molecule has 3 rings (SSSR count). The second kappa shape index (κ2) is 5.06. The Morgan fingerprint density at radius 2 is 2.16 bits per heavy atom. The summed E-state index contributed by atoms with van der Waals surface area (Å²) in [4.78, 5) is 4.76. The van der Waals surface area contributed by atoms with Gasteiger partial charge in [-0.15, -0.1) is 11.3 Å². The summed E-state index contributed by atoms with van der Waals surface area (Å²) in [5, 5.41) is 7.50. The van der Waals surface area contributed by atoms with Gasteiger partial charge in [-0.1, -0.05) is 19.3 Å². The Kier molecular flexibility index (Phi) is 3.41. The lowest BCUT2D eigenvalue weighted by molar-refractivity contribution is 0.301. The molecule has 1 aliphatic carbocycles. The highest BCUT2D eigenvalue weighted by Crippen LogP contribution is 2.37. The molecule has 2 heterocycles. The van der Waals surface area contributed by atoms with Crippen molar-refractivity contribution in [2.24, 2.45) is 5.73 Å². The zero-order valence-electron chi connectivity index (χ0n) is 11.3. The van der Waals surface area contributed by atoms with Crippen molar-refractivity contribution in [1.82, 2.24) is 14.8 Å². The van der Waals surface area contributed by atoms with Gasteiger partial charge in [0, 0.05) is 23.7 Å². The minimum Gasteiger partial charge on any atom is -0.319 e. The maximum atomic E-state index is 6.53. The first-order valence-electron chi connectivity index (χ1n) is 6.99. The fourth-order valence-electron chi connectivity index (χ4n) is 2.70. The third-order valence-electron chi connectivity index (χ3n) is 3.93. The minimum absolute atomic E-state index is 0.193. The monoisotopic (exact) mass is 276 g/mol. The Labute approximate surface area is 117 Å². The lowest BCUT2D eigenvalue weighted by atomic mass is 9.83. The molecule has 0 saturated heterocycles. The van der Waals surface area contributed by atoms with Crippen LogP contribution in [0.3, 0.4) is 0 Å². The van der Waals surface area contributed by atoms with Crippen LogP contribution in [0.2, 0.25) is 0 Å². The Bertz CT molecular complexity index is 551. The van der Waals surface area contributed by atoms with Crippen molar-refractivity contribution in [3.63, 3.8) is 0 Å². The van der Waals surface area contributed by atoms with Crippen LogP contribution < -0.4 is 5.73 Å². The molecule has 0 radical (unpaired) electrons. The lowest BCUT2D eigenvalue weighted by Crippen LogP contribution is -2.38. The molecule has 102 valence electrons. The van der Waals surface area contributed by atoms with E-state index in [9.17, 15) is 0 Å². The first-order chi connectivity index (χ1) is 9.21. The van der Waals surface area contributed by atoms with Gasteiger partial charge >= 0.3 is 0 Å². The van der Waals surface area contributed by atoms with Crippen molar-refractivity contribution in [2.75, 3.05) is 0 Å². The second-order valence-corrected chi connectivity index (χ2v) is 6.20. The summed E-state index contributed by atoms with van der Waals surface area (Å²) in [7, 11) is 0. The molecule has 0 aromatic carbocycles. The van der Waals surface area contributed by atoms with Crippen LogP contribution in [0.5, 0.6) is 0 Å². The number of aromatic nitrogens is 3. The molecule has 2 aromatic rings. The molecule has 1 aliphatic rings. The Morgan fingerprint density at radius 1 is 1.37 bits per heavy atom. The van der Waals surface area contributed by atoms with Crippen molar-refractivity contribution in [2.45, 2.75) is 51.1 Å². The molecule has 0 amide bonds. The summed E-state index contributed by atoms with van der Waals surface area (Å²) < 4.78 is 1.92. The van der Waals surface area contributed by atoms with Crippen LogP contribution in [0, 0.1) is 0 Å². The largest absolute Gasteiger partial charge is 0.319 e. The Balaban J connectivity index is 1.86. The fourth-order valence-corrected chi connectivity index (χ4v) is 3.70. The van der Waals surface area contributed by atoms with Gasteiger partial charge in [-0.25, -0.2) is 4.98 Å². The van der Waals surface area contributed by atoms with Crippen molar-refractivity contribution in [3.05, 3.63) is 22.8 Å². The zero-order valence-corrected chi connectivity index (χ0v) is 12.1. The number of rotatable bonds is 3. The molecule has 0 bridgehead atoms. The molecule has 0 unspecified atom stereocenters. The third kappa shape index (κ3) is 2.44. The van der Waals surface area contributed by atoms with Crippen molar-refractivity contribution in [3.8, 4) is 11.3 Å². The molecular weight excluding hydrogens is 256 g/mol. The first-order valence-corrected chi connectivity index (χ1v) is 7.87. The predicted octanol–water partition coefficient (Wildman–Crippen LogP) is 3.14. The van der Waals surface area contributed by atoms with Crippen molar-refractivity contribution in [1.29, 1.82) is 0 Å². The maximum absolute atomic E-state index is 6.53. The number of nitrogens with zero attached hydrogens (tertiary/aromatic N) is 3. The van der Waals surface area contributed by atoms with E-state index in [-0.39, 0.29) is 5.54 Å². The van der Waals surface area contributed by atoms with Gasteiger partial charge in [0.1, 0.15) is 5.01 Å². The summed E-state index contributed by atoms with van der Waals surface area (Å²) in [6.07, 6.45) is 9.80. The molecule has 19 heavy (non-hydrogen) atoms. The highest BCUT2D eigenvalue weighted by Gasteiger charge is 2.32. The third-order valence-corrected chi connectivity index (χ3v) is 4.99. The normalized spacial score (nSPS) is 18.6. The summed E-state index contributed by atoms with van der Waals surface area (Å²) in [5.41, 5.74) is 8.43. The van der Waals surface area contributed by atoms with E-state index in [2.05, 4.69) is 17.4 Å². The van der Waals surface area contributed by atoms with E-state index in [1.165, 1.54) is 19.3 Å². The molecule has 2 aromatic heterocycles. The summed E-state index contributed by atoms with van der Waals surface area (Å²) in [5.74, 6) is 0. The SMILES string of the molecule is CCn1cc(-c2csc(C3(N)CCCCC3)n2)cn1. The van der Waals surface area contributed by atoms with Crippen LogP contribution in [-0.4, -0.2) is 14.8 Å². The summed E-state index contributed by atoms with van der Waals surface area (Å²) in [6.45, 7) is 2.97. The van der Waals surface area contributed by atoms with Gasteiger partial charge in [-0.2, -0.15) is 5.10 Å². The first kappa shape index (κ1) is 12.8.